The molecule has 1 saturated heterocycles. The monoisotopic (exact) mass is 246 g/mol. The minimum absolute atomic E-state index is 0.446. The third-order valence-corrected chi connectivity index (χ3v) is 4.06. The Morgan fingerprint density at radius 2 is 2.17 bits per heavy atom. The maximum atomic E-state index is 5.79. The van der Waals surface area contributed by atoms with Crippen LogP contribution in [0.25, 0.3) is 0 Å². The molecule has 1 unspecified atom stereocenters. The van der Waals surface area contributed by atoms with Crippen LogP contribution in [0.3, 0.4) is 0 Å². The van der Waals surface area contributed by atoms with Crippen molar-refractivity contribution >= 4 is 0 Å². The summed E-state index contributed by atoms with van der Waals surface area (Å²) in [4.78, 5) is 2.63. The van der Waals surface area contributed by atoms with Crippen molar-refractivity contribution in [3.05, 3.63) is 35.4 Å². The van der Waals surface area contributed by atoms with E-state index < -0.39 is 0 Å². The van der Waals surface area contributed by atoms with Gasteiger partial charge in [0.25, 0.3) is 0 Å². The predicted octanol–water partition coefficient (Wildman–Crippen LogP) is 1.94. The molecule has 0 saturated carbocycles. The van der Waals surface area contributed by atoms with E-state index in [4.69, 9.17) is 4.74 Å². The highest BCUT2D eigenvalue weighted by Gasteiger charge is 2.33. The molecule has 1 aromatic rings. The molecule has 0 radical (unpaired) electrons. The second-order valence-corrected chi connectivity index (χ2v) is 5.28. The van der Waals surface area contributed by atoms with Crippen LogP contribution in [-0.4, -0.2) is 37.2 Å². The lowest BCUT2D eigenvalue weighted by molar-refractivity contribution is 0.00224. The highest BCUT2D eigenvalue weighted by atomic mass is 16.5. The fourth-order valence-corrected chi connectivity index (χ4v) is 2.99. The van der Waals surface area contributed by atoms with Gasteiger partial charge in [-0.05, 0) is 24.1 Å². The molecule has 0 amide bonds. The second-order valence-electron chi connectivity index (χ2n) is 5.28. The maximum Gasteiger partial charge on any atom is 0.0721 e. The van der Waals surface area contributed by atoms with Crippen molar-refractivity contribution in [1.29, 1.82) is 0 Å². The van der Waals surface area contributed by atoms with Gasteiger partial charge in [-0.15, -0.1) is 0 Å². The molecule has 3 heteroatoms. The molecule has 0 aliphatic carbocycles. The van der Waals surface area contributed by atoms with E-state index in [0.29, 0.717) is 12.1 Å². The molecule has 1 fully saturated rings. The summed E-state index contributed by atoms with van der Waals surface area (Å²) in [6.07, 6.45) is 1.20. The van der Waals surface area contributed by atoms with Gasteiger partial charge in [-0.3, -0.25) is 4.90 Å². The zero-order valence-corrected chi connectivity index (χ0v) is 11.1. The first-order valence-electron chi connectivity index (χ1n) is 7.02. The van der Waals surface area contributed by atoms with Crippen molar-refractivity contribution < 1.29 is 4.74 Å². The third kappa shape index (κ3) is 2.18. The summed E-state index contributed by atoms with van der Waals surface area (Å²) in [5.41, 5.74) is 2.84. The van der Waals surface area contributed by atoms with Crippen molar-refractivity contribution in [1.82, 2.24) is 10.2 Å². The van der Waals surface area contributed by atoms with E-state index in [-0.39, 0.29) is 0 Å². The van der Waals surface area contributed by atoms with E-state index in [1.807, 2.05) is 0 Å². The summed E-state index contributed by atoms with van der Waals surface area (Å²) in [6, 6.07) is 9.87. The van der Waals surface area contributed by atoms with Gasteiger partial charge in [0.1, 0.15) is 0 Å². The summed E-state index contributed by atoms with van der Waals surface area (Å²) in [5, 5.41) is 3.38. The van der Waals surface area contributed by atoms with E-state index in [9.17, 15) is 0 Å². The molecule has 3 rings (SSSR count). The quantitative estimate of drug-likeness (QED) is 0.878. The van der Waals surface area contributed by atoms with Crippen LogP contribution in [0.15, 0.2) is 24.3 Å². The number of benzene rings is 1. The van der Waals surface area contributed by atoms with Crippen molar-refractivity contribution in [2.24, 2.45) is 0 Å². The van der Waals surface area contributed by atoms with E-state index in [1.165, 1.54) is 17.5 Å². The fourth-order valence-electron chi connectivity index (χ4n) is 2.99. The SMILES string of the molecule is CCCN(C1CNC1)C1COCc2ccccc21. The molecule has 2 aliphatic rings. The lowest BCUT2D eigenvalue weighted by Gasteiger charge is -2.44. The van der Waals surface area contributed by atoms with Gasteiger partial charge in [0.15, 0.2) is 0 Å². The number of rotatable bonds is 4. The molecule has 0 aromatic heterocycles. The third-order valence-electron chi connectivity index (χ3n) is 4.06. The van der Waals surface area contributed by atoms with Crippen molar-refractivity contribution in [2.75, 3.05) is 26.2 Å². The van der Waals surface area contributed by atoms with Crippen molar-refractivity contribution in [3.8, 4) is 0 Å². The van der Waals surface area contributed by atoms with Crippen molar-refractivity contribution in [3.63, 3.8) is 0 Å². The number of hydrogen-bond donors (Lipinski definition) is 1. The van der Waals surface area contributed by atoms with Gasteiger partial charge in [-0.25, -0.2) is 0 Å². The molecule has 3 nitrogen and oxygen atoms in total. The zero-order chi connectivity index (χ0) is 12.4. The number of hydrogen-bond acceptors (Lipinski definition) is 3. The molecular weight excluding hydrogens is 224 g/mol. The van der Waals surface area contributed by atoms with Gasteiger partial charge in [-0.1, -0.05) is 31.2 Å². The molecule has 1 N–H and O–H groups in total. The van der Waals surface area contributed by atoms with Gasteiger partial charge in [0, 0.05) is 19.1 Å². The minimum atomic E-state index is 0.446. The van der Waals surface area contributed by atoms with E-state index >= 15 is 0 Å². The number of nitrogens with zero attached hydrogens (tertiary/aromatic N) is 1. The molecule has 98 valence electrons. The van der Waals surface area contributed by atoms with Crippen molar-refractivity contribution in [2.45, 2.75) is 32.0 Å². The van der Waals surface area contributed by atoms with Crippen LogP contribution < -0.4 is 5.32 Å². The topological polar surface area (TPSA) is 24.5 Å². The van der Waals surface area contributed by atoms with Gasteiger partial charge in [0.05, 0.1) is 19.3 Å². The fraction of sp³-hybridized carbons (Fsp3) is 0.600. The smallest absolute Gasteiger partial charge is 0.0721 e. The van der Waals surface area contributed by atoms with Crippen LogP contribution in [0.2, 0.25) is 0 Å². The maximum absolute atomic E-state index is 5.79. The van der Waals surface area contributed by atoms with Crippen LogP contribution in [0, 0.1) is 0 Å². The number of ether oxygens (including phenoxy) is 1. The Morgan fingerprint density at radius 1 is 1.33 bits per heavy atom. The Labute approximate surface area is 109 Å². The standard InChI is InChI=1S/C15H22N2O/c1-2-7-17(13-8-16-9-13)15-11-18-10-12-5-3-4-6-14(12)15/h3-6,13,15-16H,2,7-11H2,1H3. The zero-order valence-electron chi connectivity index (χ0n) is 11.1. The van der Waals surface area contributed by atoms with Crippen LogP contribution in [0.4, 0.5) is 0 Å². The molecule has 1 atom stereocenters. The van der Waals surface area contributed by atoms with E-state index in [2.05, 4.69) is 41.4 Å². The van der Waals surface area contributed by atoms with Crippen LogP contribution in [0.1, 0.15) is 30.5 Å². The highest BCUT2D eigenvalue weighted by molar-refractivity contribution is 5.31. The summed E-state index contributed by atoms with van der Waals surface area (Å²) >= 11 is 0. The Morgan fingerprint density at radius 3 is 2.89 bits per heavy atom. The lowest BCUT2D eigenvalue weighted by atomic mass is 9.95. The van der Waals surface area contributed by atoms with E-state index in [1.54, 1.807) is 0 Å². The first-order valence-corrected chi connectivity index (χ1v) is 7.02. The Hall–Kier alpha value is -0.900. The molecular formula is C15H22N2O. The summed E-state index contributed by atoms with van der Waals surface area (Å²) in [6.45, 7) is 7.28. The molecule has 0 bridgehead atoms. The largest absolute Gasteiger partial charge is 0.375 e. The van der Waals surface area contributed by atoms with Gasteiger partial charge < -0.3 is 10.1 Å². The average Bonchev–Trinajstić information content (AvgIpc) is 2.35. The van der Waals surface area contributed by atoms with E-state index in [0.717, 1.165) is 32.8 Å². The summed E-state index contributed by atoms with van der Waals surface area (Å²) in [5.74, 6) is 0. The molecule has 1 aromatic carbocycles. The minimum Gasteiger partial charge on any atom is -0.375 e. The first kappa shape index (κ1) is 12.2. The van der Waals surface area contributed by atoms with Crippen LogP contribution in [0.5, 0.6) is 0 Å². The summed E-state index contributed by atoms with van der Waals surface area (Å²) in [7, 11) is 0. The number of fused-ring (bicyclic) bond motifs is 1. The summed E-state index contributed by atoms with van der Waals surface area (Å²) < 4.78 is 5.79. The molecule has 2 heterocycles. The van der Waals surface area contributed by atoms with Crippen LogP contribution in [-0.2, 0) is 11.3 Å². The average molecular weight is 246 g/mol. The molecule has 2 aliphatic heterocycles. The highest BCUT2D eigenvalue weighted by Crippen LogP contribution is 2.31. The first-order chi connectivity index (χ1) is 8.90. The predicted molar refractivity (Wildman–Crippen MR) is 72.5 cm³/mol. The van der Waals surface area contributed by atoms with Crippen LogP contribution >= 0.6 is 0 Å². The normalized spacial score (nSPS) is 23.8. The van der Waals surface area contributed by atoms with Gasteiger partial charge in [-0.2, -0.15) is 0 Å². The Balaban J connectivity index is 1.85. The Kier molecular flexibility index (Phi) is 3.64. The van der Waals surface area contributed by atoms with Gasteiger partial charge in [0.2, 0.25) is 0 Å². The Bertz CT molecular complexity index is 403. The molecule has 18 heavy (non-hydrogen) atoms. The molecule has 0 spiro atoms. The second kappa shape index (κ2) is 5.39. The van der Waals surface area contributed by atoms with Gasteiger partial charge >= 0.3 is 0 Å². The lowest BCUT2D eigenvalue weighted by Crippen LogP contribution is -2.59. The number of nitrogens with one attached hydrogen (secondary N) is 1.